The van der Waals surface area contributed by atoms with E-state index in [0.29, 0.717) is 21.5 Å². The Morgan fingerprint density at radius 3 is 2.32 bits per heavy atom. The molecule has 4 rings (SSSR count). The SMILES string of the molecule is O=c1[nH]c2cc(Cl)ccc2c(=O)n1-c1ccc(C#Cc2ccccc2)cc1Cl. The second-order valence-electron chi connectivity index (χ2n) is 6.04. The second-order valence-corrected chi connectivity index (χ2v) is 6.89. The molecule has 0 spiro atoms. The van der Waals surface area contributed by atoms with Crippen LogP contribution in [0.15, 0.2) is 76.3 Å². The van der Waals surface area contributed by atoms with Crippen LogP contribution in [0.2, 0.25) is 10.0 Å². The number of aromatic amines is 1. The quantitative estimate of drug-likeness (QED) is 0.476. The van der Waals surface area contributed by atoms with Crippen molar-refractivity contribution in [3.05, 3.63) is 109 Å². The predicted octanol–water partition coefficient (Wildman–Crippen LogP) is 4.39. The Kier molecular flexibility index (Phi) is 4.79. The normalized spacial score (nSPS) is 10.5. The van der Waals surface area contributed by atoms with E-state index in [1.54, 1.807) is 30.3 Å². The van der Waals surface area contributed by atoms with Gasteiger partial charge in [-0.05, 0) is 48.5 Å². The van der Waals surface area contributed by atoms with Crippen molar-refractivity contribution in [2.45, 2.75) is 0 Å². The number of halogens is 2. The van der Waals surface area contributed by atoms with E-state index >= 15 is 0 Å². The lowest BCUT2D eigenvalue weighted by molar-refractivity contribution is 0.901. The molecular formula is C22H12Cl2N2O2. The van der Waals surface area contributed by atoms with Crippen LogP contribution < -0.4 is 11.2 Å². The van der Waals surface area contributed by atoms with Crippen LogP contribution in [0.5, 0.6) is 0 Å². The van der Waals surface area contributed by atoms with Crippen molar-refractivity contribution in [2.75, 3.05) is 0 Å². The van der Waals surface area contributed by atoms with Crippen LogP contribution in [0.3, 0.4) is 0 Å². The molecule has 1 heterocycles. The fraction of sp³-hybridized carbons (Fsp3) is 0. The van der Waals surface area contributed by atoms with Crippen molar-refractivity contribution in [3.8, 4) is 17.5 Å². The number of hydrogen-bond acceptors (Lipinski definition) is 2. The molecule has 1 N–H and O–H groups in total. The Bertz CT molecular complexity index is 1380. The van der Waals surface area contributed by atoms with E-state index in [9.17, 15) is 9.59 Å². The van der Waals surface area contributed by atoms with Crippen molar-refractivity contribution in [2.24, 2.45) is 0 Å². The molecule has 4 nitrogen and oxygen atoms in total. The lowest BCUT2D eigenvalue weighted by Gasteiger charge is -2.09. The van der Waals surface area contributed by atoms with Gasteiger partial charge >= 0.3 is 5.69 Å². The standard InChI is InChI=1S/C22H12Cl2N2O2/c23-16-9-10-17-19(13-16)25-22(28)26(21(17)27)20-11-8-15(12-18(20)24)7-6-14-4-2-1-3-5-14/h1-5,8-13H,(H,25,28). The van der Waals surface area contributed by atoms with Gasteiger partial charge in [0.25, 0.3) is 5.56 Å². The Labute approximate surface area is 170 Å². The van der Waals surface area contributed by atoms with Crippen LogP contribution in [0, 0.1) is 11.8 Å². The van der Waals surface area contributed by atoms with Crippen LogP contribution in [-0.2, 0) is 0 Å². The van der Waals surface area contributed by atoms with Gasteiger partial charge in [0.15, 0.2) is 0 Å². The minimum Gasteiger partial charge on any atom is -0.306 e. The zero-order chi connectivity index (χ0) is 19.7. The molecule has 0 atom stereocenters. The number of rotatable bonds is 1. The Balaban J connectivity index is 1.81. The summed E-state index contributed by atoms with van der Waals surface area (Å²) in [6.45, 7) is 0. The van der Waals surface area contributed by atoms with Crippen LogP contribution in [0.4, 0.5) is 0 Å². The van der Waals surface area contributed by atoms with Gasteiger partial charge in [0.1, 0.15) is 0 Å². The summed E-state index contributed by atoms with van der Waals surface area (Å²) in [6, 6.07) is 19.2. The molecule has 0 radical (unpaired) electrons. The molecule has 0 aliphatic carbocycles. The number of nitrogens with one attached hydrogen (secondary N) is 1. The van der Waals surface area contributed by atoms with Crippen molar-refractivity contribution in [3.63, 3.8) is 0 Å². The minimum atomic E-state index is -0.593. The van der Waals surface area contributed by atoms with Gasteiger partial charge in [0.05, 0.1) is 21.6 Å². The number of H-pyrrole nitrogens is 1. The molecule has 136 valence electrons. The average molecular weight is 407 g/mol. The van der Waals surface area contributed by atoms with E-state index in [1.165, 1.54) is 6.07 Å². The van der Waals surface area contributed by atoms with Crippen LogP contribution >= 0.6 is 23.2 Å². The first-order chi connectivity index (χ1) is 13.5. The van der Waals surface area contributed by atoms with E-state index in [2.05, 4.69) is 16.8 Å². The largest absolute Gasteiger partial charge is 0.333 e. The lowest BCUT2D eigenvalue weighted by Crippen LogP contribution is -2.33. The van der Waals surface area contributed by atoms with E-state index in [-0.39, 0.29) is 10.7 Å². The smallest absolute Gasteiger partial charge is 0.306 e. The number of hydrogen-bond donors (Lipinski definition) is 1. The molecule has 4 aromatic rings. The van der Waals surface area contributed by atoms with Crippen LogP contribution in [0.25, 0.3) is 16.6 Å². The highest BCUT2D eigenvalue weighted by molar-refractivity contribution is 6.32. The van der Waals surface area contributed by atoms with Gasteiger partial charge in [-0.3, -0.25) is 4.79 Å². The molecule has 0 unspecified atom stereocenters. The Morgan fingerprint density at radius 2 is 1.57 bits per heavy atom. The van der Waals surface area contributed by atoms with Crippen molar-refractivity contribution < 1.29 is 0 Å². The molecule has 0 saturated heterocycles. The molecule has 0 fully saturated rings. The highest BCUT2D eigenvalue weighted by atomic mass is 35.5. The van der Waals surface area contributed by atoms with Gasteiger partial charge in [-0.1, -0.05) is 53.2 Å². The third-order valence-electron chi connectivity index (χ3n) is 4.17. The zero-order valence-corrected chi connectivity index (χ0v) is 15.9. The molecule has 1 aromatic heterocycles. The zero-order valence-electron chi connectivity index (χ0n) is 14.4. The van der Waals surface area contributed by atoms with Gasteiger partial charge in [0, 0.05) is 16.1 Å². The third kappa shape index (κ3) is 3.46. The molecule has 0 aliphatic heterocycles. The fourth-order valence-electron chi connectivity index (χ4n) is 2.84. The summed E-state index contributed by atoms with van der Waals surface area (Å²) >= 11 is 12.3. The molecule has 28 heavy (non-hydrogen) atoms. The van der Waals surface area contributed by atoms with E-state index in [4.69, 9.17) is 23.2 Å². The molecule has 3 aromatic carbocycles. The topological polar surface area (TPSA) is 54.9 Å². The van der Waals surface area contributed by atoms with E-state index in [0.717, 1.165) is 10.1 Å². The van der Waals surface area contributed by atoms with Crippen molar-refractivity contribution in [1.29, 1.82) is 0 Å². The Hall–Kier alpha value is -3.26. The molecule has 0 saturated carbocycles. The average Bonchev–Trinajstić information content (AvgIpc) is 2.68. The third-order valence-corrected chi connectivity index (χ3v) is 4.71. The number of fused-ring (bicyclic) bond motifs is 1. The summed E-state index contributed by atoms with van der Waals surface area (Å²) in [5.74, 6) is 6.07. The maximum atomic E-state index is 12.8. The van der Waals surface area contributed by atoms with Gasteiger partial charge in [-0.25, -0.2) is 9.36 Å². The summed E-state index contributed by atoms with van der Waals surface area (Å²) in [5, 5.41) is 1.02. The maximum absolute atomic E-state index is 12.8. The lowest BCUT2D eigenvalue weighted by atomic mass is 10.1. The Morgan fingerprint density at radius 1 is 0.821 bits per heavy atom. The maximum Gasteiger partial charge on any atom is 0.333 e. The minimum absolute atomic E-state index is 0.251. The summed E-state index contributed by atoms with van der Waals surface area (Å²) in [4.78, 5) is 28.0. The highest BCUT2D eigenvalue weighted by Gasteiger charge is 2.12. The fourth-order valence-corrected chi connectivity index (χ4v) is 3.28. The molecule has 0 amide bonds. The van der Waals surface area contributed by atoms with Gasteiger partial charge < -0.3 is 4.98 Å². The van der Waals surface area contributed by atoms with Gasteiger partial charge in [-0.15, -0.1) is 0 Å². The first-order valence-corrected chi connectivity index (χ1v) is 9.10. The molecule has 6 heteroatoms. The monoisotopic (exact) mass is 406 g/mol. The first-order valence-electron chi connectivity index (χ1n) is 8.34. The second kappa shape index (κ2) is 7.40. The van der Waals surface area contributed by atoms with E-state index < -0.39 is 11.2 Å². The number of benzene rings is 3. The highest BCUT2D eigenvalue weighted by Crippen LogP contribution is 2.21. The summed E-state index contributed by atoms with van der Waals surface area (Å²) in [5.41, 5.74) is 1.15. The summed E-state index contributed by atoms with van der Waals surface area (Å²) in [7, 11) is 0. The van der Waals surface area contributed by atoms with Gasteiger partial charge in [-0.2, -0.15) is 0 Å². The first kappa shape index (κ1) is 18.1. The summed E-state index contributed by atoms with van der Waals surface area (Å²) in [6.07, 6.45) is 0. The van der Waals surface area contributed by atoms with Crippen molar-refractivity contribution >= 4 is 34.1 Å². The van der Waals surface area contributed by atoms with Crippen molar-refractivity contribution in [1.82, 2.24) is 9.55 Å². The van der Waals surface area contributed by atoms with Crippen LogP contribution in [0.1, 0.15) is 11.1 Å². The van der Waals surface area contributed by atoms with Crippen LogP contribution in [-0.4, -0.2) is 9.55 Å². The molecule has 0 aliphatic rings. The number of aromatic nitrogens is 2. The molecular weight excluding hydrogens is 395 g/mol. The number of nitrogens with zero attached hydrogens (tertiary/aromatic N) is 1. The van der Waals surface area contributed by atoms with E-state index in [1.807, 2.05) is 30.3 Å². The summed E-state index contributed by atoms with van der Waals surface area (Å²) < 4.78 is 1.01. The predicted molar refractivity (Wildman–Crippen MR) is 113 cm³/mol. The van der Waals surface area contributed by atoms with Gasteiger partial charge in [0.2, 0.25) is 0 Å². The molecule has 0 bridgehead atoms.